The van der Waals surface area contributed by atoms with Gasteiger partial charge in [-0.3, -0.25) is 4.90 Å². The van der Waals surface area contributed by atoms with E-state index < -0.39 is 22.0 Å². The zero-order valence-corrected chi connectivity index (χ0v) is 15.2. The summed E-state index contributed by atoms with van der Waals surface area (Å²) < 4.78 is 25.3. The van der Waals surface area contributed by atoms with Gasteiger partial charge in [0.15, 0.2) is 0 Å². The molecule has 0 radical (unpaired) electrons. The number of hydrogen-bond acceptors (Lipinski definition) is 5. The molecule has 140 valence electrons. The molecule has 1 aliphatic heterocycles. The van der Waals surface area contributed by atoms with E-state index in [9.17, 15) is 8.42 Å². The van der Waals surface area contributed by atoms with Crippen LogP contribution in [0.15, 0.2) is 0 Å². The minimum absolute atomic E-state index is 0.230. The van der Waals surface area contributed by atoms with Gasteiger partial charge >= 0.3 is 11.9 Å². The Morgan fingerprint density at radius 2 is 1.58 bits per heavy atom. The molecule has 1 saturated heterocycles. The maximum atomic E-state index is 11.8. The zero-order valence-electron chi connectivity index (χ0n) is 14.3. The molecule has 2 rings (SSSR count). The second-order valence-electron chi connectivity index (χ2n) is 6.37. The zero-order chi connectivity index (χ0) is 18.3. The van der Waals surface area contributed by atoms with Crippen molar-refractivity contribution in [2.45, 2.75) is 45.6 Å². The van der Waals surface area contributed by atoms with Gasteiger partial charge in [0, 0.05) is 32.2 Å². The molecule has 2 unspecified atom stereocenters. The highest BCUT2D eigenvalue weighted by molar-refractivity contribution is 7.89. The summed E-state index contributed by atoms with van der Waals surface area (Å²) in [6.45, 7) is 7.25. The number of piperazine rings is 1. The van der Waals surface area contributed by atoms with Gasteiger partial charge in [-0.15, -0.1) is 0 Å². The molecule has 0 bridgehead atoms. The van der Waals surface area contributed by atoms with Gasteiger partial charge in [-0.1, -0.05) is 19.8 Å². The van der Waals surface area contributed by atoms with E-state index in [0.29, 0.717) is 19.1 Å². The standard InChI is InChI=1S/C13H26N2O2S.C2H2O4/c1-3-18(16,17)15-9-7-14(8-10-15)13-6-4-5-12(2)11-13;3-1(4)2(5)6/h12-13H,3-11H2,1-2H3;(H,3,4)(H,5,6). The third kappa shape index (κ3) is 6.37. The summed E-state index contributed by atoms with van der Waals surface area (Å²) in [6.07, 6.45) is 5.28. The van der Waals surface area contributed by atoms with Crippen molar-refractivity contribution >= 4 is 22.0 Å². The van der Waals surface area contributed by atoms with Crippen LogP contribution in [0.2, 0.25) is 0 Å². The Hall–Kier alpha value is -1.19. The second kappa shape index (κ2) is 9.33. The lowest BCUT2D eigenvalue weighted by Gasteiger charge is -2.41. The maximum absolute atomic E-state index is 11.8. The SMILES string of the molecule is CCS(=O)(=O)N1CCN(C2CCCC(C)C2)CC1.O=C(O)C(=O)O. The lowest BCUT2D eigenvalue weighted by molar-refractivity contribution is -0.159. The lowest BCUT2D eigenvalue weighted by Crippen LogP contribution is -2.52. The monoisotopic (exact) mass is 364 g/mol. The molecule has 2 aliphatic rings. The van der Waals surface area contributed by atoms with Gasteiger partial charge in [0.25, 0.3) is 0 Å². The fraction of sp³-hybridized carbons (Fsp3) is 0.867. The Balaban J connectivity index is 0.000000413. The van der Waals surface area contributed by atoms with E-state index in [1.165, 1.54) is 25.7 Å². The van der Waals surface area contributed by atoms with Crippen molar-refractivity contribution in [2.75, 3.05) is 31.9 Å². The Bertz CT molecular complexity index is 516. The molecule has 1 aliphatic carbocycles. The van der Waals surface area contributed by atoms with Gasteiger partial charge in [0.1, 0.15) is 0 Å². The van der Waals surface area contributed by atoms with Crippen LogP contribution in [-0.2, 0) is 19.6 Å². The van der Waals surface area contributed by atoms with E-state index in [0.717, 1.165) is 19.0 Å². The highest BCUT2D eigenvalue weighted by Gasteiger charge is 2.30. The number of carbonyl (C=O) groups is 2. The lowest BCUT2D eigenvalue weighted by atomic mass is 9.86. The maximum Gasteiger partial charge on any atom is 0.414 e. The number of hydrogen-bond donors (Lipinski definition) is 2. The van der Waals surface area contributed by atoms with Gasteiger partial charge in [-0.2, -0.15) is 4.31 Å². The number of rotatable bonds is 3. The molecule has 2 atom stereocenters. The molecular weight excluding hydrogens is 336 g/mol. The molecule has 0 amide bonds. The summed E-state index contributed by atoms with van der Waals surface area (Å²) >= 11 is 0. The molecule has 9 heteroatoms. The summed E-state index contributed by atoms with van der Waals surface area (Å²) in [7, 11) is -2.98. The summed E-state index contributed by atoms with van der Waals surface area (Å²) in [6, 6.07) is 0.695. The number of aliphatic carboxylic acids is 2. The Labute approximate surface area is 143 Å². The Morgan fingerprint density at radius 1 is 1.04 bits per heavy atom. The minimum Gasteiger partial charge on any atom is -0.473 e. The predicted octanol–water partition coefficient (Wildman–Crippen LogP) is 0.688. The summed E-state index contributed by atoms with van der Waals surface area (Å²) in [5.74, 6) is -2.58. The first kappa shape index (κ1) is 20.9. The van der Waals surface area contributed by atoms with Crippen molar-refractivity contribution in [2.24, 2.45) is 5.92 Å². The van der Waals surface area contributed by atoms with E-state index in [1.807, 2.05) is 0 Å². The minimum atomic E-state index is -2.98. The van der Waals surface area contributed by atoms with Crippen LogP contribution in [0.5, 0.6) is 0 Å². The average molecular weight is 364 g/mol. The van der Waals surface area contributed by atoms with E-state index >= 15 is 0 Å². The number of sulfonamides is 1. The fourth-order valence-electron chi connectivity index (χ4n) is 3.26. The highest BCUT2D eigenvalue weighted by atomic mass is 32.2. The topological polar surface area (TPSA) is 115 Å². The Morgan fingerprint density at radius 3 is 2.00 bits per heavy atom. The van der Waals surface area contributed by atoms with Crippen LogP contribution in [0, 0.1) is 5.92 Å². The van der Waals surface area contributed by atoms with Gasteiger partial charge in [-0.05, 0) is 25.7 Å². The van der Waals surface area contributed by atoms with Crippen LogP contribution >= 0.6 is 0 Å². The van der Waals surface area contributed by atoms with Crippen molar-refractivity contribution in [3.05, 3.63) is 0 Å². The van der Waals surface area contributed by atoms with Gasteiger partial charge < -0.3 is 10.2 Å². The largest absolute Gasteiger partial charge is 0.473 e. The van der Waals surface area contributed by atoms with Crippen LogP contribution in [0.1, 0.15) is 39.5 Å². The summed E-state index contributed by atoms with van der Waals surface area (Å²) in [4.78, 5) is 20.7. The van der Waals surface area contributed by atoms with Crippen molar-refractivity contribution in [1.82, 2.24) is 9.21 Å². The number of nitrogens with zero attached hydrogens (tertiary/aromatic N) is 2. The third-order valence-electron chi connectivity index (χ3n) is 4.64. The van der Waals surface area contributed by atoms with Gasteiger partial charge in [0.05, 0.1) is 5.75 Å². The Kier molecular flexibility index (Phi) is 8.11. The normalized spacial score (nSPS) is 26.2. The molecule has 2 N–H and O–H groups in total. The van der Waals surface area contributed by atoms with Crippen LogP contribution in [0.25, 0.3) is 0 Å². The first-order valence-corrected chi connectivity index (χ1v) is 9.96. The van der Waals surface area contributed by atoms with Gasteiger partial charge in [-0.25, -0.2) is 18.0 Å². The van der Waals surface area contributed by atoms with Crippen molar-refractivity contribution in [3.63, 3.8) is 0 Å². The molecule has 0 spiro atoms. The second-order valence-corrected chi connectivity index (χ2v) is 8.63. The van der Waals surface area contributed by atoms with Crippen molar-refractivity contribution in [1.29, 1.82) is 0 Å². The number of carboxylic acid groups (broad SMARTS) is 2. The van der Waals surface area contributed by atoms with Gasteiger partial charge in [0.2, 0.25) is 10.0 Å². The highest BCUT2D eigenvalue weighted by Crippen LogP contribution is 2.28. The molecule has 1 saturated carbocycles. The molecule has 24 heavy (non-hydrogen) atoms. The first-order chi connectivity index (χ1) is 11.2. The third-order valence-corrected chi connectivity index (χ3v) is 6.52. The molecule has 2 fully saturated rings. The fourth-order valence-corrected chi connectivity index (χ4v) is 4.35. The molecular formula is C15H28N2O6S. The van der Waals surface area contributed by atoms with E-state index in [-0.39, 0.29) is 5.75 Å². The molecule has 0 aromatic carbocycles. The van der Waals surface area contributed by atoms with Crippen LogP contribution in [0.4, 0.5) is 0 Å². The van der Waals surface area contributed by atoms with E-state index in [4.69, 9.17) is 19.8 Å². The number of carboxylic acids is 2. The van der Waals surface area contributed by atoms with Crippen molar-refractivity contribution in [3.8, 4) is 0 Å². The molecule has 8 nitrogen and oxygen atoms in total. The molecule has 1 heterocycles. The smallest absolute Gasteiger partial charge is 0.414 e. The van der Waals surface area contributed by atoms with Crippen LogP contribution < -0.4 is 0 Å². The quantitative estimate of drug-likeness (QED) is 0.708. The van der Waals surface area contributed by atoms with E-state index in [2.05, 4.69) is 11.8 Å². The average Bonchev–Trinajstić information content (AvgIpc) is 2.55. The van der Waals surface area contributed by atoms with Crippen LogP contribution in [0.3, 0.4) is 0 Å². The van der Waals surface area contributed by atoms with Crippen LogP contribution in [-0.4, -0.2) is 77.7 Å². The summed E-state index contributed by atoms with van der Waals surface area (Å²) in [5.41, 5.74) is 0. The molecule has 0 aromatic heterocycles. The predicted molar refractivity (Wildman–Crippen MR) is 89.3 cm³/mol. The first-order valence-electron chi connectivity index (χ1n) is 8.35. The molecule has 0 aromatic rings. The van der Waals surface area contributed by atoms with E-state index in [1.54, 1.807) is 11.2 Å². The van der Waals surface area contributed by atoms with Crippen molar-refractivity contribution < 1.29 is 28.2 Å². The summed E-state index contributed by atoms with van der Waals surface area (Å²) in [5, 5.41) is 14.8.